The summed E-state index contributed by atoms with van der Waals surface area (Å²) >= 11 is 2.10. The Balaban J connectivity index is 2.74. The summed E-state index contributed by atoms with van der Waals surface area (Å²) < 4.78 is 16.2. The zero-order valence-corrected chi connectivity index (χ0v) is 11.3. The number of hydrogen-bond acceptors (Lipinski definition) is 3. The maximum atomic E-state index is 11.6. The summed E-state index contributed by atoms with van der Waals surface area (Å²) in [5, 5.41) is 0. The number of rotatable bonds is 2. The Hall–Kier alpha value is -0.390. The molecule has 0 saturated heterocycles. The highest BCUT2D eigenvalue weighted by Crippen LogP contribution is 2.17. The van der Waals surface area contributed by atoms with Crippen molar-refractivity contribution in [1.82, 2.24) is 4.98 Å². The predicted molar refractivity (Wildman–Crippen MR) is 67.4 cm³/mol. The fourth-order valence-corrected chi connectivity index (χ4v) is 1.62. The highest BCUT2D eigenvalue weighted by atomic mass is 79.9. The quantitative estimate of drug-likeness (QED) is 0.621. The summed E-state index contributed by atoms with van der Waals surface area (Å²) in [6, 6.07) is 3.65. The molecule has 0 N–H and O–H groups in total. The number of halogens is 1. The second-order valence-corrected chi connectivity index (χ2v) is 6.84. The Morgan fingerprint density at radius 3 is 2.73 bits per heavy atom. The van der Waals surface area contributed by atoms with Crippen LogP contribution >= 0.6 is 15.9 Å². The minimum atomic E-state index is -1.23. The van der Waals surface area contributed by atoms with Crippen LogP contribution in [0.4, 0.5) is 0 Å². The number of aromatic nitrogens is 1. The monoisotopic (exact) mass is 288 g/mol. The summed E-state index contributed by atoms with van der Waals surface area (Å²) in [7, 11) is 0. The van der Waals surface area contributed by atoms with Crippen LogP contribution in [0.25, 0.3) is 0 Å². The van der Waals surface area contributed by atoms with Crippen molar-refractivity contribution in [2.75, 3.05) is 0 Å². The second-order valence-electron chi connectivity index (χ2n) is 3.99. The molecule has 0 radical (unpaired) electrons. The fourth-order valence-electron chi connectivity index (χ4n) is 0.752. The Labute approximate surface area is 101 Å². The van der Waals surface area contributed by atoms with E-state index in [0.29, 0.717) is 5.69 Å². The highest BCUT2D eigenvalue weighted by Gasteiger charge is 2.25. The predicted octanol–water partition coefficient (Wildman–Crippen LogP) is 2.73. The lowest BCUT2D eigenvalue weighted by atomic mass is 10.3. The summed E-state index contributed by atoms with van der Waals surface area (Å²) in [6.07, 6.45) is 3.21. The van der Waals surface area contributed by atoms with Crippen LogP contribution in [0.15, 0.2) is 27.2 Å². The van der Waals surface area contributed by atoms with Gasteiger partial charge in [0.1, 0.15) is 22.3 Å². The van der Waals surface area contributed by atoms with E-state index in [1.54, 1.807) is 6.20 Å². The molecule has 1 aromatic heterocycles. The molecular weight excluding hydrogens is 276 g/mol. The van der Waals surface area contributed by atoms with Crippen molar-refractivity contribution in [2.24, 2.45) is 4.40 Å². The van der Waals surface area contributed by atoms with Gasteiger partial charge in [-0.1, -0.05) is 20.3 Å². The van der Waals surface area contributed by atoms with Gasteiger partial charge in [0.15, 0.2) is 0 Å². The van der Waals surface area contributed by atoms with E-state index in [-0.39, 0.29) is 4.75 Å². The van der Waals surface area contributed by atoms with Gasteiger partial charge in [0.05, 0.1) is 5.69 Å². The van der Waals surface area contributed by atoms with E-state index in [2.05, 4.69) is 25.3 Å². The average molecular weight is 289 g/mol. The molecule has 0 aliphatic rings. The second kappa shape index (κ2) is 5.09. The van der Waals surface area contributed by atoms with Crippen LogP contribution in [0.2, 0.25) is 0 Å². The van der Waals surface area contributed by atoms with Crippen LogP contribution in [-0.4, -0.2) is 20.5 Å². The molecule has 5 heteroatoms. The summed E-state index contributed by atoms with van der Waals surface area (Å²) in [5.74, 6) is 0. The number of pyridine rings is 1. The molecule has 1 rings (SSSR count). The maximum Gasteiger partial charge on any atom is 0.144 e. The van der Waals surface area contributed by atoms with E-state index >= 15 is 0 Å². The van der Waals surface area contributed by atoms with Gasteiger partial charge >= 0.3 is 0 Å². The van der Waals surface area contributed by atoms with Crippen molar-refractivity contribution in [3.63, 3.8) is 0 Å². The maximum absolute atomic E-state index is 11.6. The van der Waals surface area contributed by atoms with Crippen LogP contribution in [0.5, 0.6) is 0 Å². The first kappa shape index (κ1) is 12.7. The molecule has 1 atom stereocenters. The summed E-state index contributed by atoms with van der Waals surface area (Å²) in [6.45, 7) is 5.65. The van der Waals surface area contributed by atoms with Crippen LogP contribution in [0.3, 0.4) is 0 Å². The van der Waals surface area contributed by atoms with E-state index in [9.17, 15) is 4.55 Å². The van der Waals surface area contributed by atoms with Gasteiger partial charge in [0, 0.05) is 10.7 Å². The Morgan fingerprint density at radius 1 is 1.53 bits per heavy atom. The van der Waals surface area contributed by atoms with Gasteiger partial charge in [-0.3, -0.25) is 4.98 Å². The molecule has 0 aromatic carbocycles. The minimum Gasteiger partial charge on any atom is -0.591 e. The SMILES string of the molecule is CC(C)(C)[S+]([O-])N=Cc1cc(Br)ccn1. The molecule has 82 valence electrons. The van der Waals surface area contributed by atoms with Gasteiger partial charge in [0.25, 0.3) is 0 Å². The molecule has 15 heavy (non-hydrogen) atoms. The Morgan fingerprint density at radius 2 is 2.20 bits per heavy atom. The van der Waals surface area contributed by atoms with Crippen LogP contribution in [0.1, 0.15) is 26.5 Å². The molecule has 3 nitrogen and oxygen atoms in total. The van der Waals surface area contributed by atoms with Crippen LogP contribution < -0.4 is 0 Å². The van der Waals surface area contributed by atoms with E-state index < -0.39 is 11.4 Å². The normalized spacial score (nSPS) is 14.5. The third-order valence-electron chi connectivity index (χ3n) is 1.55. The lowest BCUT2D eigenvalue weighted by Gasteiger charge is -2.17. The molecule has 0 fully saturated rings. The van der Waals surface area contributed by atoms with E-state index in [4.69, 9.17) is 0 Å². The van der Waals surface area contributed by atoms with Crippen molar-refractivity contribution >= 4 is 33.5 Å². The molecule has 0 saturated carbocycles. The Kier molecular flexibility index (Phi) is 4.31. The lowest BCUT2D eigenvalue weighted by molar-refractivity contribution is 0.562. The molecule has 0 amide bonds. The van der Waals surface area contributed by atoms with Gasteiger partial charge in [0.2, 0.25) is 0 Å². The zero-order chi connectivity index (χ0) is 11.5. The molecule has 1 heterocycles. The van der Waals surface area contributed by atoms with Crippen molar-refractivity contribution in [3.8, 4) is 0 Å². The molecular formula is C10H13BrN2OS. The number of nitrogens with zero attached hydrogens (tertiary/aromatic N) is 2. The minimum absolute atomic E-state index is 0.331. The number of hydrogen-bond donors (Lipinski definition) is 0. The standard InChI is InChI=1S/C10H13BrN2OS/c1-10(2,3)15(14)13-7-9-6-8(11)4-5-12-9/h4-7H,1-3H3. The first-order chi connectivity index (χ1) is 6.89. The largest absolute Gasteiger partial charge is 0.591 e. The fraction of sp³-hybridized carbons (Fsp3) is 0.400. The van der Waals surface area contributed by atoms with Gasteiger partial charge in [-0.25, -0.2) is 0 Å². The van der Waals surface area contributed by atoms with Gasteiger partial charge < -0.3 is 4.55 Å². The summed E-state index contributed by atoms with van der Waals surface area (Å²) in [5.41, 5.74) is 0.696. The van der Waals surface area contributed by atoms with Crippen molar-refractivity contribution in [2.45, 2.75) is 25.5 Å². The van der Waals surface area contributed by atoms with E-state index in [1.807, 2.05) is 32.9 Å². The molecule has 0 bridgehead atoms. The molecule has 1 aromatic rings. The smallest absolute Gasteiger partial charge is 0.144 e. The molecule has 0 aliphatic carbocycles. The van der Waals surface area contributed by atoms with Gasteiger partial charge in [-0.15, -0.1) is 0 Å². The summed E-state index contributed by atoms with van der Waals surface area (Å²) in [4.78, 5) is 4.08. The Bertz CT molecular complexity index is 363. The molecule has 0 aliphatic heterocycles. The third kappa shape index (κ3) is 4.32. The first-order valence-corrected chi connectivity index (χ1v) is 6.37. The zero-order valence-electron chi connectivity index (χ0n) is 8.90. The molecule has 1 unspecified atom stereocenters. The lowest BCUT2D eigenvalue weighted by Crippen LogP contribution is -2.25. The average Bonchev–Trinajstić information content (AvgIpc) is 2.12. The van der Waals surface area contributed by atoms with Crippen LogP contribution in [-0.2, 0) is 11.4 Å². The molecule has 0 spiro atoms. The van der Waals surface area contributed by atoms with Gasteiger partial charge in [-0.05, 0) is 32.9 Å². The third-order valence-corrected chi connectivity index (χ3v) is 3.39. The highest BCUT2D eigenvalue weighted by molar-refractivity contribution is 9.10. The van der Waals surface area contributed by atoms with E-state index in [1.165, 1.54) is 6.21 Å². The van der Waals surface area contributed by atoms with Crippen molar-refractivity contribution in [1.29, 1.82) is 0 Å². The topological polar surface area (TPSA) is 48.3 Å². The van der Waals surface area contributed by atoms with Crippen LogP contribution in [0, 0.1) is 0 Å². The van der Waals surface area contributed by atoms with Gasteiger partial charge in [-0.2, -0.15) is 0 Å². The first-order valence-electron chi connectivity index (χ1n) is 4.47. The van der Waals surface area contributed by atoms with Crippen molar-refractivity contribution < 1.29 is 4.55 Å². The van der Waals surface area contributed by atoms with Crippen molar-refractivity contribution in [3.05, 3.63) is 28.5 Å². The van der Waals surface area contributed by atoms with E-state index in [0.717, 1.165) is 4.47 Å².